The summed E-state index contributed by atoms with van der Waals surface area (Å²) in [5, 5.41) is 16.0. The fourth-order valence-electron chi connectivity index (χ4n) is 1.38. The molecule has 0 atom stereocenters. The summed E-state index contributed by atoms with van der Waals surface area (Å²) in [5.74, 6) is -0.244. The molecule has 0 saturated heterocycles. The standard InChI is InChI=1S/C11H11FN4S2/c1-6-15-16-11(18-6)17-5-7-3-2-4-8(9(7)12)10(13)14/h2-4H,5H2,1H3,(H3,13,14). The molecule has 1 aromatic carbocycles. The lowest BCUT2D eigenvalue weighted by molar-refractivity contribution is 0.614. The van der Waals surface area contributed by atoms with Crippen molar-refractivity contribution in [1.29, 1.82) is 5.41 Å². The van der Waals surface area contributed by atoms with Crippen LogP contribution in [0.2, 0.25) is 0 Å². The minimum absolute atomic E-state index is 0.140. The fraction of sp³-hybridized carbons (Fsp3) is 0.182. The van der Waals surface area contributed by atoms with Gasteiger partial charge in [0.05, 0.1) is 5.56 Å². The Labute approximate surface area is 112 Å². The quantitative estimate of drug-likeness (QED) is 0.513. The van der Waals surface area contributed by atoms with E-state index in [0.717, 1.165) is 9.35 Å². The molecule has 0 radical (unpaired) electrons. The van der Waals surface area contributed by atoms with Crippen molar-refractivity contribution in [1.82, 2.24) is 10.2 Å². The molecule has 0 spiro atoms. The zero-order valence-corrected chi connectivity index (χ0v) is 11.2. The molecular weight excluding hydrogens is 271 g/mol. The van der Waals surface area contributed by atoms with Crippen molar-refractivity contribution in [3.8, 4) is 0 Å². The number of nitrogens with two attached hydrogens (primary N) is 1. The number of aryl methyl sites for hydroxylation is 1. The summed E-state index contributed by atoms with van der Waals surface area (Å²) in [5.41, 5.74) is 5.97. The predicted molar refractivity (Wildman–Crippen MR) is 71.6 cm³/mol. The third-order valence-electron chi connectivity index (χ3n) is 2.23. The lowest BCUT2D eigenvalue weighted by Crippen LogP contribution is -2.14. The van der Waals surface area contributed by atoms with E-state index in [1.165, 1.54) is 29.2 Å². The van der Waals surface area contributed by atoms with Gasteiger partial charge in [0.1, 0.15) is 16.7 Å². The van der Waals surface area contributed by atoms with Gasteiger partial charge in [-0.25, -0.2) is 4.39 Å². The third-order valence-corrected chi connectivity index (χ3v) is 4.25. The second kappa shape index (κ2) is 5.45. The van der Waals surface area contributed by atoms with Gasteiger partial charge in [-0.05, 0) is 18.6 Å². The maximum absolute atomic E-state index is 14.0. The van der Waals surface area contributed by atoms with Crippen molar-refractivity contribution in [2.75, 3.05) is 0 Å². The summed E-state index contributed by atoms with van der Waals surface area (Å²) in [6.45, 7) is 1.87. The number of nitrogens with one attached hydrogen (secondary N) is 1. The average Bonchev–Trinajstić information content (AvgIpc) is 2.73. The SMILES string of the molecule is Cc1nnc(SCc2cccc(C(=N)N)c2F)s1. The number of thioether (sulfide) groups is 1. The highest BCUT2D eigenvalue weighted by Gasteiger charge is 2.11. The Morgan fingerprint density at radius 2 is 2.28 bits per heavy atom. The molecule has 0 aliphatic heterocycles. The first-order valence-corrected chi connectivity index (χ1v) is 6.93. The molecule has 4 nitrogen and oxygen atoms in total. The van der Waals surface area contributed by atoms with Gasteiger partial charge in [-0.1, -0.05) is 35.2 Å². The molecule has 2 aromatic rings. The number of rotatable bonds is 4. The highest BCUT2D eigenvalue weighted by molar-refractivity contribution is 8.00. The van der Waals surface area contributed by atoms with Gasteiger partial charge in [-0.2, -0.15) is 0 Å². The van der Waals surface area contributed by atoms with Crippen molar-refractivity contribution in [2.45, 2.75) is 17.0 Å². The highest BCUT2D eigenvalue weighted by atomic mass is 32.2. The number of amidine groups is 1. The first-order chi connectivity index (χ1) is 8.58. The second-order valence-electron chi connectivity index (χ2n) is 3.57. The molecule has 0 fully saturated rings. The van der Waals surface area contributed by atoms with Crippen LogP contribution in [-0.4, -0.2) is 16.0 Å². The Morgan fingerprint density at radius 1 is 1.50 bits per heavy atom. The van der Waals surface area contributed by atoms with Gasteiger partial charge in [-0.3, -0.25) is 5.41 Å². The van der Waals surface area contributed by atoms with Crippen LogP contribution in [0.1, 0.15) is 16.1 Å². The summed E-state index contributed by atoms with van der Waals surface area (Å²) in [7, 11) is 0. The van der Waals surface area contributed by atoms with Crippen LogP contribution < -0.4 is 5.73 Å². The van der Waals surface area contributed by atoms with E-state index in [1.807, 2.05) is 6.92 Å². The molecule has 3 N–H and O–H groups in total. The van der Waals surface area contributed by atoms with Crippen LogP contribution in [0, 0.1) is 18.2 Å². The molecule has 2 rings (SSSR count). The molecule has 1 aromatic heterocycles. The molecule has 0 aliphatic carbocycles. The van der Waals surface area contributed by atoms with E-state index >= 15 is 0 Å². The number of nitrogen functional groups attached to an aromatic ring is 1. The van der Waals surface area contributed by atoms with Crippen LogP contribution in [0.4, 0.5) is 4.39 Å². The summed E-state index contributed by atoms with van der Waals surface area (Å²) >= 11 is 2.90. The topological polar surface area (TPSA) is 75.7 Å². The normalized spacial score (nSPS) is 10.6. The first-order valence-electron chi connectivity index (χ1n) is 5.12. The first kappa shape index (κ1) is 13.0. The van der Waals surface area contributed by atoms with Crippen LogP contribution in [-0.2, 0) is 5.75 Å². The number of hydrogen-bond donors (Lipinski definition) is 2. The van der Waals surface area contributed by atoms with Crippen molar-refractivity contribution in [3.05, 3.63) is 40.2 Å². The van der Waals surface area contributed by atoms with Gasteiger partial charge in [0.15, 0.2) is 4.34 Å². The predicted octanol–water partition coefficient (Wildman–Crippen LogP) is 2.56. The molecule has 0 bridgehead atoms. The van der Waals surface area contributed by atoms with E-state index < -0.39 is 5.82 Å². The van der Waals surface area contributed by atoms with Crippen LogP contribution in [0.15, 0.2) is 22.5 Å². The molecular formula is C11H11FN4S2. The summed E-state index contributed by atoms with van der Waals surface area (Å²) in [6.07, 6.45) is 0. The number of nitrogens with zero attached hydrogens (tertiary/aromatic N) is 2. The van der Waals surface area contributed by atoms with Gasteiger partial charge < -0.3 is 5.73 Å². The van der Waals surface area contributed by atoms with Gasteiger partial charge >= 0.3 is 0 Å². The minimum Gasteiger partial charge on any atom is -0.384 e. The average molecular weight is 282 g/mol. The summed E-state index contributed by atoms with van der Waals surface area (Å²) in [4.78, 5) is 0. The minimum atomic E-state index is -0.432. The van der Waals surface area contributed by atoms with Crippen molar-refractivity contribution in [3.63, 3.8) is 0 Å². The molecule has 0 amide bonds. The lowest BCUT2D eigenvalue weighted by Gasteiger charge is -2.05. The fourth-order valence-corrected chi connectivity index (χ4v) is 3.17. The molecule has 0 aliphatic rings. The van der Waals surface area contributed by atoms with Gasteiger partial charge in [-0.15, -0.1) is 10.2 Å². The number of halogens is 1. The van der Waals surface area contributed by atoms with Crippen LogP contribution in [0.3, 0.4) is 0 Å². The van der Waals surface area contributed by atoms with Crippen molar-refractivity contribution >= 4 is 28.9 Å². The summed E-state index contributed by atoms with van der Waals surface area (Å²) < 4.78 is 14.8. The largest absolute Gasteiger partial charge is 0.384 e. The highest BCUT2D eigenvalue weighted by Crippen LogP contribution is 2.27. The van der Waals surface area contributed by atoms with E-state index in [-0.39, 0.29) is 11.4 Å². The second-order valence-corrected chi connectivity index (χ2v) is 5.97. The number of aromatic nitrogens is 2. The molecule has 7 heteroatoms. The molecule has 94 valence electrons. The van der Waals surface area contributed by atoms with Crippen molar-refractivity contribution in [2.24, 2.45) is 5.73 Å². The Balaban J connectivity index is 2.14. The Morgan fingerprint density at radius 3 is 2.89 bits per heavy atom. The van der Waals surface area contributed by atoms with Crippen LogP contribution in [0.25, 0.3) is 0 Å². The lowest BCUT2D eigenvalue weighted by atomic mass is 10.1. The van der Waals surface area contributed by atoms with E-state index in [2.05, 4.69) is 10.2 Å². The van der Waals surface area contributed by atoms with E-state index in [0.29, 0.717) is 11.3 Å². The van der Waals surface area contributed by atoms with Crippen LogP contribution in [0.5, 0.6) is 0 Å². The maximum atomic E-state index is 14.0. The zero-order chi connectivity index (χ0) is 13.1. The molecule has 1 heterocycles. The van der Waals surface area contributed by atoms with Crippen molar-refractivity contribution < 1.29 is 4.39 Å². The Kier molecular flexibility index (Phi) is 3.93. The van der Waals surface area contributed by atoms with E-state index in [9.17, 15) is 4.39 Å². The third kappa shape index (κ3) is 2.85. The number of benzene rings is 1. The van der Waals surface area contributed by atoms with Gasteiger partial charge in [0.2, 0.25) is 0 Å². The summed E-state index contributed by atoms with van der Waals surface area (Å²) in [6, 6.07) is 4.88. The maximum Gasteiger partial charge on any atom is 0.174 e. The molecule has 0 unspecified atom stereocenters. The smallest absolute Gasteiger partial charge is 0.174 e. The van der Waals surface area contributed by atoms with E-state index in [4.69, 9.17) is 11.1 Å². The van der Waals surface area contributed by atoms with Gasteiger partial charge in [0, 0.05) is 5.75 Å². The Bertz CT molecular complexity index is 582. The van der Waals surface area contributed by atoms with Gasteiger partial charge in [0.25, 0.3) is 0 Å². The van der Waals surface area contributed by atoms with E-state index in [1.54, 1.807) is 12.1 Å². The number of hydrogen-bond acceptors (Lipinski definition) is 5. The molecule has 18 heavy (non-hydrogen) atoms. The zero-order valence-electron chi connectivity index (χ0n) is 9.61. The van der Waals surface area contributed by atoms with Crippen LogP contribution >= 0.6 is 23.1 Å². The molecule has 0 saturated carbocycles. The monoisotopic (exact) mass is 282 g/mol. The Hall–Kier alpha value is -1.47.